The van der Waals surface area contributed by atoms with Crippen LogP contribution in [0.5, 0.6) is 0 Å². The number of aryl methyl sites for hydroxylation is 2. The van der Waals surface area contributed by atoms with E-state index in [2.05, 4.69) is 11.4 Å². The van der Waals surface area contributed by atoms with Gasteiger partial charge in [-0.05, 0) is 49.9 Å². The summed E-state index contributed by atoms with van der Waals surface area (Å²) in [5.41, 5.74) is 2.97. The van der Waals surface area contributed by atoms with Crippen LogP contribution in [0, 0.1) is 13.8 Å². The van der Waals surface area contributed by atoms with E-state index >= 15 is 0 Å². The van der Waals surface area contributed by atoms with E-state index in [1.54, 1.807) is 0 Å². The highest BCUT2D eigenvalue weighted by Crippen LogP contribution is 2.15. The lowest BCUT2D eigenvalue weighted by Crippen LogP contribution is -2.34. The van der Waals surface area contributed by atoms with E-state index in [1.807, 2.05) is 30.9 Å². The van der Waals surface area contributed by atoms with Crippen molar-refractivity contribution in [3.63, 3.8) is 0 Å². The van der Waals surface area contributed by atoms with Gasteiger partial charge in [0.25, 0.3) is 0 Å². The molecule has 1 saturated heterocycles. The van der Waals surface area contributed by atoms with Crippen LogP contribution in [0.3, 0.4) is 0 Å². The molecular formula is C17H24N2O2. The number of nitrogens with zero attached hydrogens (tertiary/aromatic N) is 1. The van der Waals surface area contributed by atoms with E-state index in [4.69, 9.17) is 0 Å². The number of carbonyl (C=O) groups is 2. The summed E-state index contributed by atoms with van der Waals surface area (Å²) in [6, 6.07) is 5.89. The molecule has 1 N–H and O–H groups in total. The van der Waals surface area contributed by atoms with Crippen LogP contribution in [0.25, 0.3) is 0 Å². The van der Waals surface area contributed by atoms with Gasteiger partial charge in [-0.2, -0.15) is 0 Å². The first-order valence-corrected chi connectivity index (χ1v) is 7.70. The van der Waals surface area contributed by atoms with Gasteiger partial charge in [0.05, 0.1) is 0 Å². The quantitative estimate of drug-likeness (QED) is 0.869. The number of carbonyl (C=O) groups excluding carboxylic acids is 2. The Morgan fingerprint density at radius 3 is 2.14 bits per heavy atom. The lowest BCUT2D eigenvalue weighted by Gasteiger charge is -2.20. The molecule has 0 radical (unpaired) electrons. The molecule has 0 bridgehead atoms. The second-order valence-corrected chi connectivity index (χ2v) is 5.90. The molecule has 21 heavy (non-hydrogen) atoms. The normalized spacial score (nSPS) is 15.4. The van der Waals surface area contributed by atoms with Crippen LogP contribution in [0.1, 0.15) is 43.2 Å². The van der Waals surface area contributed by atoms with Crippen LogP contribution < -0.4 is 5.32 Å². The Morgan fingerprint density at radius 2 is 1.57 bits per heavy atom. The number of hydrogen-bond acceptors (Lipinski definition) is 2. The third-order valence-corrected chi connectivity index (χ3v) is 3.78. The van der Waals surface area contributed by atoms with Gasteiger partial charge in [0.2, 0.25) is 11.8 Å². The molecule has 1 heterocycles. The highest BCUT2D eigenvalue weighted by atomic mass is 16.2. The molecule has 0 saturated carbocycles. The highest BCUT2D eigenvalue weighted by Gasteiger charge is 2.18. The van der Waals surface area contributed by atoms with E-state index < -0.39 is 0 Å². The first-order chi connectivity index (χ1) is 10.0. The molecule has 0 aromatic heterocycles. The Bertz CT molecular complexity index is 497. The van der Waals surface area contributed by atoms with Gasteiger partial charge < -0.3 is 10.2 Å². The largest absolute Gasteiger partial charge is 0.342 e. The molecule has 0 aliphatic carbocycles. The smallest absolute Gasteiger partial charge is 0.233 e. The number of anilines is 1. The van der Waals surface area contributed by atoms with Gasteiger partial charge in [-0.1, -0.05) is 18.9 Å². The van der Waals surface area contributed by atoms with E-state index in [1.165, 1.54) is 12.8 Å². The molecule has 1 fully saturated rings. The van der Waals surface area contributed by atoms with Crippen molar-refractivity contribution in [2.24, 2.45) is 0 Å². The van der Waals surface area contributed by atoms with Crippen molar-refractivity contribution >= 4 is 17.5 Å². The van der Waals surface area contributed by atoms with E-state index in [9.17, 15) is 9.59 Å². The summed E-state index contributed by atoms with van der Waals surface area (Å²) in [6.45, 7) is 5.56. The molecule has 4 heteroatoms. The Hall–Kier alpha value is -1.84. The third-order valence-electron chi connectivity index (χ3n) is 3.78. The molecule has 2 amide bonds. The van der Waals surface area contributed by atoms with E-state index in [0.717, 1.165) is 42.7 Å². The summed E-state index contributed by atoms with van der Waals surface area (Å²) in [5.74, 6) is -0.284. The van der Waals surface area contributed by atoms with E-state index in [0.29, 0.717) is 0 Å². The number of benzene rings is 1. The molecule has 0 atom stereocenters. The van der Waals surface area contributed by atoms with Crippen molar-refractivity contribution in [1.82, 2.24) is 4.90 Å². The first-order valence-electron chi connectivity index (χ1n) is 7.70. The molecular weight excluding hydrogens is 264 g/mol. The fraction of sp³-hybridized carbons (Fsp3) is 0.529. The minimum Gasteiger partial charge on any atom is -0.342 e. The summed E-state index contributed by atoms with van der Waals surface area (Å²) in [4.78, 5) is 26.0. The van der Waals surface area contributed by atoms with Crippen molar-refractivity contribution in [3.05, 3.63) is 29.3 Å². The molecule has 2 rings (SSSR count). The number of hydrogen-bond donors (Lipinski definition) is 1. The predicted molar refractivity (Wildman–Crippen MR) is 84.2 cm³/mol. The van der Waals surface area contributed by atoms with Crippen LogP contribution in [0.4, 0.5) is 5.69 Å². The van der Waals surface area contributed by atoms with E-state index in [-0.39, 0.29) is 18.2 Å². The summed E-state index contributed by atoms with van der Waals surface area (Å²) in [6.07, 6.45) is 4.39. The van der Waals surface area contributed by atoms with Gasteiger partial charge in [-0.25, -0.2) is 0 Å². The van der Waals surface area contributed by atoms with Gasteiger partial charge in [0.1, 0.15) is 6.42 Å². The van der Waals surface area contributed by atoms with Crippen molar-refractivity contribution < 1.29 is 9.59 Å². The van der Waals surface area contributed by atoms with Crippen molar-refractivity contribution in [1.29, 1.82) is 0 Å². The van der Waals surface area contributed by atoms with Gasteiger partial charge in [-0.15, -0.1) is 0 Å². The number of amides is 2. The van der Waals surface area contributed by atoms with Gasteiger partial charge in [0, 0.05) is 18.8 Å². The summed E-state index contributed by atoms with van der Waals surface area (Å²) < 4.78 is 0. The zero-order chi connectivity index (χ0) is 15.2. The molecule has 0 unspecified atom stereocenters. The van der Waals surface area contributed by atoms with Crippen LogP contribution in [-0.2, 0) is 9.59 Å². The summed E-state index contributed by atoms with van der Waals surface area (Å²) in [7, 11) is 0. The van der Waals surface area contributed by atoms with Gasteiger partial charge >= 0.3 is 0 Å². The maximum atomic E-state index is 12.2. The van der Waals surface area contributed by atoms with Gasteiger partial charge in [-0.3, -0.25) is 9.59 Å². The van der Waals surface area contributed by atoms with Crippen molar-refractivity contribution in [2.75, 3.05) is 18.4 Å². The molecule has 4 nitrogen and oxygen atoms in total. The monoisotopic (exact) mass is 288 g/mol. The Kier molecular flexibility index (Phi) is 5.37. The summed E-state index contributed by atoms with van der Waals surface area (Å²) >= 11 is 0. The number of likely N-dealkylation sites (tertiary alicyclic amines) is 1. The van der Waals surface area contributed by atoms with Gasteiger partial charge in [0.15, 0.2) is 0 Å². The number of nitrogens with one attached hydrogen (secondary N) is 1. The van der Waals surface area contributed by atoms with Crippen LogP contribution in [0.15, 0.2) is 18.2 Å². The lowest BCUT2D eigenvalue weighted by atomic mass is 10.1. The molecule has 1 aromatic carbocycles. The minimum absolute atomic E-state index is 0.0567. The summed E-state index contributed by atoms with van der Waals surface area (Å²) in [5, 5.41) is 2.82. The Balaban J connectivity index is 1.89. The fourth-order valence-corrected chi connectivity index (χ4v) is 2.82. The second-order valence-electron chi connectivity index (χ2n) is 5.90. The molecule has 1 aliphatic rings. The minimum atomic E-state index is -0.228. The molecule has 1 aromatic rings. The van der Waals surface area contributed by atoms with Crippen LogP contribution in [0.2, 0.25) is 0 Å². The predicted octanol–water partition coefficient (Wildman–Crippen LogP) is 3.03. The topological polar surface area (TPSA) is 49.4 Å². The fourth-order valence-electron chi connectivity index (χ4n) is 2.82. The first kappa shape index (κ1) is 15.5. The van der Waals surface area contributed by atoms with Crippen molar-refractivity contribution in [3.8, 4) is 0 Å². The lowest BCUT2D eigenvalue weighted by molar-refractivity contribution is -0.134. The maximum Gasteiger partial charge on any atom is 0.233 e. The third kappa shape index (κ3) is 4.88. The average molecular weight is 288 g/mol. The Labute approximate surface area is 126 Å². The maximum absolute atomic E-state index is 12.2. The molecule has 1 aliphatic heterocycles. The van der Waals surface area contributed by atoms with Crippen LogP contribution >= 0.6 is 0 Å². The number of rotatable bonds is 3. The van der Waals surface area contributed by atoms with Crippen LogP contribution in [-0.4, -0.2) is 29.8 Å². The zero-order valence-corrected chi connectivity index (χ0v) is 12.9. The molecule has 0 spiro atoms. The highest BCUT2D eigenvalue weighted by molar-refractivity contribution is 6.03. The zero-order valence-electron chi connectivity index (χ0n) is 12.9. The second kappa shape index (κ2) is 7.25. The standard InChI is InChI=1S/C17H24N2O2/c1-13-9-14(2)11-15(10-13)18-16(20)12-17(21)19-7-5-3-4-6-8-19/h9-11H,3-8,12H2,1-2H3,(H,18,20). The SMILES string of the molecule is Cc1cc(C)cc(NC(=O)CC(=O)N2CCCCCC2)c1. The average Bonchev–Trinajstić information content (AvgIpc) is 2.65. The molecule has 114 valence electrons. The van der Waals surface area contributed by atoms with Crippen molar-refractivity contribution in [2.45, 2.75) is 46.0 Å². The Morgan fingerprint density at radius 1 is 1.00 bits per heavy atom.